The number of fused-ring (bicyclic) bond motifs is 1. The number of hydrogen-bond donors (Lipinski definition) is 0. The van der Waals surface area contributed by atoms with E-state index in [1.807, 2.05) is 7.11 Å². The Bertz CT molecular complexity index is 325. The smallest absolute Gasteiger partial charge is 0.0628 e. The van der Waals surface area contributed by atoms with Gasteiger partial charge in [-0.25, -0.2) is 0 Å². The zero-order chi connectivity index (χ0) is 13.5. The maximum absolute atomic E-state index is 5.82. The van der Waals surface area contributed by atoms with E-state index < -0.39 is 0 Å². The summed E-state index contributed by atoms with van der Waals surface area (Å²) < 4.78 is 5.82. The van der Waals surface area contributed by atoms with E-state index in [9.17, 15) is 0 Å². The van der Waals surface area contributed by atoms with Gasteiger partial charge >= 0.3 is 0 Å². The van der Waals surface area contributed by atoms with Gasteiger partial charge in [0, 0.05) is 11.9 Å². The number of methoxy groups -OCH3 is 1. The van der Waals surface area contributed by atoms with E-state index in [2.05, 4.69) is 43.3 Å². The Hall–Kier alpha value is 0.180. The van der Waals surface area contributed by atoms with Crippen LogP contribution in [-0.2, 0) is 4.74 Å². The normalized spacial score (nSPS) is 42.1. The first-order valence-electron chi connectivity index (χ1n) is 7.26. The Labute approximate surface area is 120 Å². The first kappa shape index (κ1) is 14.6. The molecule has 104 valence electrons. The SMILES string of the molecule is C=C1CC[C@@H](Br)[C@]2(C)CC[C@H]([C@H](OC)C(C)C)[C@@H]12. The zero-order valence-electron chi connectivity index (χ0n) is 12.2. The van der Waals surface area contributed by atoms with Gasteiger partial charge in [-0.1, -0.05) is 48.9 Å². The Kier molecular flexibility index (Phi) is 4.28. The minimum Gasteiger partial charge on any atom is -0.381 e. The van der Waals surface area contributed by atoms with E-state index in [1.54, 1.807) is 0 Å². The van der Waals surface area contributed by atoms with Gasteiger partial charge in [0.15, 0.2) is 0 Å². The average molecular weight is 315 g/mol. The molecule has 0 saturated heterocycles. The Morgan fingerprint density at radius 2 is 2.06 bits per heavy atom. The van der Waals surface area contributed by atoms with Gasteiger partial charge in [-0.05, 0) is 48.9 Å². The molecule has 0 spiro atoms. The van der Waals surface area contributed by atoms with Crippen LogP contribution in [0.15, 0.2) is 12.2 Å². The average Bonchev–Trinajstić information content (AvgIpc) is 2.65. The lowest BCUT2D eigenvalue weighted by molar-refractivity contribution is -0.00410. The van der Waals surface area contributed by atoms with Crippen LogP contribution < -0.4 is 0 Å². The maximum Gasteiger partial charge on any atom is 0.0628 e. The van der Waals surface area contributed by atoms with Crippen LogP contribution in [0, 0.1) is 23.2 Å². The van der Waals surface area contributed by atoms with E-state index in [4.69, 9.17) is 4.74 Å². The van der Waals surface area contributed by atoms with Gasteiger partial charge in [0.2, 0.25) is 0 Å². The quantitative estimate of drug-likeness (QED) is 0.537. The van der Waals surface area contributed by atoms with Gasteiger partial charge in [-0.2, -0.15) is 0 Å². The molecule has 0 aromatic carbocycles. The topological polar surface area (TPSA) is 9.23 Å². The van der Waals surface area contributed by atoms with Crippen molar-refractivity contribution in [3.8, 4) is 0 Å². The number of halogens is 1. The predicted molar refractivity (Wildman–Crippen MR) is 81.0 cm³/mol. The molecule has 2 fully saturated rings. The molecule has 0 bridgehead atoms. The van der Waals surface area contributed by atoms with Crippen LogP contribution in [-0.4, -0.2) is 18.0 Å². The highest BCUT2D eigenvalue weighted by atomic mass is 79.9. The molecule has 0 unspecified atom stereocenters. The number of hydrogen-bond acceptors (Lipinski definition) is 1. The van der Waals surface area contributed by atoms with Crippen LogP contribution >= 0.6 is 15.9 Å². The van der Waals surface area contributed by atoms with Crippen molar-refractivity contribution < 1.29 is 4.74 Å². The summed E-state index contributed by atoms with van der Waals surface area (Å²) in [5, 5.41) is 0. The highest BCUT2D eigenvalue weighted by Gasteiger charge is 2.54. The van der Waals surface area contributed by atoms with Crippen molar-refractivity contribution in [1.29, 1.82) is 0 Å². The molecule has 0 amide bonds. The summed E-state index contributed by atoms with van der Waals surface area (Å²) in [6.45, 7) is 11.4. The van der Waals surface area contributed by atoms with Crippen LogP contribution in [0.2, 0.25) is 0 Å². The number of allylic oxidation sites excluding steroid dienone is 1. The van der Waals surface area contributed by atoms with E-state index in [-0.39, 0.29) is 0 Å². The van der Waals surface area contributed by atoms with Crippen molar-refractivity contribution in [2.24, 2.45) is 23.2 Å². The lowest BCUT2D eigenvalue weighted by Gasteiger charge is -2.45. The van der Waals surface area contributed by atoms with E-state index in [1.165, 1.54) is 31.3 Å². The van der Waals surface area contributed by atoms with Gasteiger partial charge in [-0.15, -0.1) is 0 Å². The number of alkyl halides is 1. The lowest BCUT2D eigenvalue weighted by atomic mass is 9.64. The third-order valence-corrected chi connectivity index (χ3v) is 6.88. The fraction of sp³-hybridized carbons (Fsp3) is 0.875. The summed E-state index contributed by atoms with van der Waals surface area (Å²) in [5.74, 6) is 1.89. The van der Waals surface area contributed by atoms with Gasteiger partial charge in [-0.3, -0.25) is 0 Å². The van der Waals surface area contributed by atoms with Gasteiger partial charge in [0.25, 0.3) is 0 Å². The van der Waals surface area contributed by atoms with E-state index >= 15 is 0 Å². The second-order valence-corrected chi connectivity index (χ2v) is 7.90. The minimum atomic E-state index is 0.381. The van der Waals surface area contributed by atoms with Crippen molar-refractivity contribution in [3.05, 3.63) is 12.2 Å². The third-order valence-electron chi connectivity index (χ3n) is 5.38. The Morgan fingerprint density at radius 3 is 2.61 bits per heavy atom. The molecular weight excluding hydrogens is 288 g/mol. The molecule has 0 aromatic heterocycles. The van der Waals surface area contributed by atoms with Gasteiger partial charge in [0.05, 0.1) is 6.10 Å². The molecule has 0 aliphatic heterocycles. The molecule has 2 aliphatic carbocycles. The summed E-state index contributed by atoms with van der Waals surface area (Å²) in [5.41, 5.74) is 1.87. The second kappa shape index (κ2) is 5.28. The molecule has 18 heavy (non-hydrogen) atoms. The largest absolute Gasteiger partial charge is 0.381 e. The summed E-state index contributed by atoms with van der Waals surface area (Å²) in [7, 11) is 1.87. The third kappa shape index (κ3) is 2.20. The first-order chi connectivity index (χ1) is 8.41. The zero-order valence-corrected chi connectivity index (χ0v) is 13.8. The fourth-order valence-electron chi connectivity index (χ4n) is 4.50. The molecular formula is C16H27BrO. The maximum atomic E-state index is 5.82. The molecule has 0 heterocycles. The van der Waals surface area contributed by atoms with Crippen LogP contribution in [0.1, 0.15) is 46.5 Å². The van der Waals surface area contributed by atoms with Gasteiger partial charge < -0.3 is 4.74 Å². The van der Waals surface area contributed by atoms with Crippen LogP contribution in [0.5, 0.6) is 0 Å². The van der Waals surface area contributed by atoms with Crippen LogP contribution in [0.4, 0.5) is 0 Å². The molecule has 0 aromatic rings. The molecule has 2 saturated carbocycles. The summed E-state index contributed by atoms with van der Waals surface area (Å²) >= 11 is 3.93. The van der Waals surface area contributed by atoms with E-state index in [0.29, 0.717) is 34.1 Å². The van der Waals surface area contributed by atoms with Crippen LogP contribution in [0.25, 0.3) is 0 Å². The molecule has 5 atom stereocenters. The molecule has 2 heteroatoms. The molecule has 2 aliphatic rings. The van der Waals surface area contributed by atoms with Crippen molar-refractivity contribution >= 4 is 15.9 Å². The Balaban J connectivity index is 2.28. The second-order valence-electron chi connectivity index (χ2n) is 6.79. The summed E-state index contributed by atoms with van der Waals surface area (Å²) in [6.07, 6.45) is 5.41. The Morgan fingerprint density at radius 1 is 1.39 bits per heavy atom. The van der Waals surface area contributed by atoms with Crippen molar-refractivity contribution in [2.75, 3.05) is 7.11 Å². The predicted octanol–water partition coefficient (Wildman–Crippen LogP) is 4.80. The lowest BCUT2D eigenvalue weighted by Crippen LogP contribution is -2.42. The first-order valence-corrected chi connectivity index (χ1v) is 8.18. The monoisotopic (exact) mass is 314 g/mol. The summed E-state index contributed by atoms with van der Waals surface area (Å²) in [4.78, 5) is 0.648. The molecule has 0 radical (unpaired) electrons. The molecule has 0 N–H and O–H groups in total. The van der Waals surface area contributed by atoms with Crippen molar-refractivity contribution in [2.45, 2.75) is 57.4 Å². The standard InChI is InChI=1S/C16H27BrO/c1-10(2)15(18-5)12-8-9-16(4)13(17)7-6-11(3)14(12)16/h10,12-15H,3,6-9H2,1-2,4-5H3/t12-,13+,14+,15+,16-/m0/s1. The van der Waals surface area contributed by atoms with Crippen LogP contribution in [0.3, 0.4) is 0 Å². The number of ether oxygens (including phenoxy) is 1. The highest BCUT2D eigenvalue weighted by molar-refractivity contribution is 9.09. The van der Waals surface area contributed by atoms with E-state index in [0.717, 1.165) is 0 Å². The minimum absolute atomic E-state index is 0.381. The van der Waals surface area contributed by atoms with Crippen molar-refractivity contribution in [3.63, 3.8) is 0 Å². The fourth-order valence-corrected chi connectivity index (χ4v) is 5.24. The van der Waals surface area contributed by atoms with Gasteiger partial charge in [0.1, 0.15) is 0 Å². The molecule has 2 rings (SSSR count). The number of rotatable bonds is 3. The van der Waals surface area contributed by atoms with Crippen molar-refractivity contribution in [1.82, 2.24) is 0 Å². The molecule has 1 nitrogen and oxygen atoms in total. The highest BCUT2D eigenvalue weighted by Crippen LogP contribution is 2.59. The summed E-state index contributed by atoms with van der Waals surface area (Å²) in [6, 6.07) is 0.